The summed E-state index contributed by atoms with van der Waals surface area (Å²) in [6.45, 7) is 2.07. The van der Waals surface area contributed by atoms with Gasteiger partial charge in [-0.2, -0.15) is 0 Å². The van der Waals surface area contributed by atoms with Gasteiger partial charge < -0.3 is 5.32 Å². The summed E-state index contributed by atoms with van der Waals surface area (Å²) >= 11 is 0. The van der Waals surface area contributed by atoms with Gasteiger partial charge in [0.15, 0.2) is 0 Å². The average Bonchev–Trinajstić information content (AvgIpc) is 2.67. The molecule has 0 radical (unpaired) electrons. The van der Waals surface area contributed by atoms with Crippen molar-refractivity contribution in [1.29, 1.82) is 0 Å². The van der Waals surface area contributed by atoms with E-state index in [2.05, 4.69) is 28.1 Å². The maximum absolute atomic E-state index is 5.27. The van der Waals surface area contributed by atoms with Gasteiger partial charge in [0.2, 0.25) is 0 Å². The summed E-state index contributed by atoms with van der Waals surface area (Å²) in [5.74, 6) is 3.62. The van der Waals surface area contributed by atoms with E-state index in [9.17, 15) is 0 Å². The molecule has 0 spiro atoms. The fourth-order valence-electron chi connectivity index (χ4n) is 1.95. The van der Waals surface area contributed by atoms with Crippen molar-refractivity contribution in [1.82, 2.24) is 9.97 Å². The lowest BCUT2D eigenvalue weighted by molar-refractivity contribution is 0.815. The van der Waals surface area contributed by atoms with E-state index >= 15 is 0 Å². The highest BCUT2D eigenvalue weighted by molar-refractivity contribution is 5.48. The number of aromatic nitrogens is 2. The molecule has 0 saturated heterocycles. The molecule has 0 aromatic carbocycles. The van der Waals surface area contributed by atoms with Crippen molar-refractivity contribution in [3.05, 3.63) is 17.6 Å². The Morgan fingerprint density at radius 2 is 2.40 bits per heavy atom. The fourth-order valence-corrected chi connectivity index (χ4v) is 1.95. The first kappa shape index (κ1) is 9.97. The van der Waals surface area contributed by atoms with Gasteiger partial charge in [-0.3, -0.25) is 0 Å². The van der Waals surface area contributed by atoms with Gasteiger partial charge in [-0.15, -0.1) is 12.3 Å². The monoisotopic (exact) mass is 201 g/mol. The van der Waals surface area contributed by atoms with Crippen LogP contribution in [-0.4, -0.2) is 16.0 Å². The Labute approximate surface area is 90.3 Å². The van der Waals surface area contributed by atoms with Crippen molar-refractivity contribution in [3.63, 3.8) is 0 Å². The van der Waals surface area contributed by atoms with E-state index < -0.39 is 0 Å². The number of terminal acetylenes is 1. The quantitative estimate of drug-likeness (QED) is 0.758. The van der Waals surface area contributed by atoms with Crippen molar-refractivity contribution in [2.75, 3.05) is 5.32 Å². The van der Waals surface area contributed by atoms with Crippen molar-refractivity contribution in [2.24, 2.45) is 0 Å². The lowest BCUT2D eigenvalue weighted by Crippen LogP contribution is -2.16. The molecule has 1 heterocycles. The highest BCUT2D eigenvalue weighted by atomic mass is 15.0. The van der Waals surface area contributed by atoms with Gasteiger partial charge in [0.25, 0.3) is 0 Å². The summed E-state index contributed by atoms with van der Waals surface area (Å²) in [5.41, 5.74) is 2.47. The van der Waals surface area contributed by atoms with Crippen LogP contribution in [0.4, 0.5) is 5.82 Å². The average molecular weight is 201 g/mol. The third kappa shape index (κ3) is 2.10. The molecule has 1 N–H and O–H groups in total. The molecule has 1 aliphatic rings. The lowest BCUT2D eigenvalue weighted by atomic mass is 10.2. The molecule has 1 aliphatic carbocycles. The highest BCUT2D eigenvalue weighted by Gasteiger charge is 2.17. The van der Waals surface area contributed by atoms with Crippen LogP contribution in [0.25, 0.3) is 0 Å². The topological polar surface area (TPSA) is 37.8 Å². The van der Waals surface area contributed by atoms with E-state index in [4.69, 9.17) is 6.42 Å². The Bertz CT molecular complexity index is 392. The van der Waals surface area contributed by atoms with Crippen LogP contribution in [0.2, 0.25) is 0 Å². The minimum Gasteiger partial charge on any atom is -0.366 e. The Morgan fingerprint density at radius 3 is 3.20 bits per heavy atom. The number of hydrogen-bond donors (Lipinski definition) is 1. The molecule has 2 rings (SSSR count). The maximum Gasteiger partial charge on any atom is 0.133 e. The molecule has 3 heteroatoms. The molecular weight excluding hydrogens is 186 g/mol. The minimum atomic E-state index is 0.273. The summed E-state index contributed by atoms with van der Waals surface area (Å²) < 4.78 is 0. The molecule has 0 saturated carbocycles. The normalized spacial score (nSPS) is 15.5. The number of nitrogens with zero attached hydrogens (tertiary/aromatic N) is 2. The van der Waals surface area contributed by atoms with Crippen molar-refractivity contribution < 1.29 is 0 Å². The zero-order valence-electron chi connectivity index (χ0n) is 8.95. The predicted molar refractivity (Wildman–Crippen MR) is 60.6 cm³/mol. The molecule has 1 aromatic heterocycles. The van der Waals surface area contributed by atoms with Gasteiger partial charge in [0, 0.05) is 23.7 Å². The van der Waals surface area contributed by atoms with Crippen molar-refractivity contribution in [3.8, 4) is 12.3 Å². The molecule has 1 atom stereocenters. The second kappa shape index (κ2) is 4.31. The van der Waals surface area contributed by atoms with Crippen LogP contribution in [0.5, 0.6) is 0 Å². The fraction of sp³-hybridized carbons (Fsp3) is 0.500. The van der Waals surface area contributed by atoms with Crippen LogP contribution >= 0.6 is 0 Å². The highest BCUT2D eigenvalue weighted by Crippen LogP contribution is 2.25. The number of hydrogen-bond acceptors (Lipinski definition) is 3. The second-order valence-corrected chi connectivity index (χ2v) is 3.95. The Morgan fingerprint density at radius 1 is 1.53 bits per heavy atom. The van der Waals surface area contributed by atoms with Gasteiger partial charge >= 0.3 is 0 Å². The first-order chi connectivity index (χ1) is 7.31. The second-order valence-electron chi connectivity index (χ2n) is 3.95. The van der Waals surface area contributed by atoms with Crippen molar-refractivity contribution >= 4 is 5.82 Å². The number of fused-ring (bicyclic) bond motifs is 1. The molecule has 0 aliphatic heterocycles. The summed E-state index contributed by atoms with van der Waals surface area (Å²) in [6.07, 6.45) is 11.0. The van der Waals surface area contributed by atoms with Gasteiger partial charge in [0.05, 0.1) is 0 Å². The van der Waals surface area contributed by atoms with Crippen molar-refractivity contribution in [2.45, 2.75) is 38.6 Å². The van der Waals surface area contributed by atoms with Crippen LogP contribution in [-0.2, 0) is 12.8 Å². The standard InChI is InChI=1S/C12H15N3/c1-3-5-9(2)15-12-10-6-4-7-11(10)13-8-14-12/h1,8-9H,4-7H2,2H3,(H,13,14,15). The smallest absolute Gasteiger partial charge is 0.133 e. The Kier molecular flexibility index (Phi) is 2.86. The number of rotatable bonds is 3. The zero-order chi connectivity index (χ0) is 10.7. The van der Waals surface area contributed by atoms with Crippen LogP contribution in [0, 0.1) is 12.3 Å². The molecule has 0 fully saturated rings. The summed E-state index contributed by atoms with van der Waals surface area (Å²) in [4.78, 5) is 8.56. The maximum atomic E-state index is 5.27. The number of aryl methyl sites for hydroxylation is 1. The van der Waals surface area contributed by atoms with E-state index in [0.29, 0.717) is 0 Å². The van der Waals surface area contributed by atoms with E-state index in [1.54, 1.807) is 6.33 Å². The van der Waals surface area contributed by atoms with E-state index in [1.807, 2.05) is 0 Å². The summed E-state index contributed by atoms with van der Waals surface area (Å²) in [6, 6.07) is 0.273. The lowest BCUT2D eigenvalue weighted by Gasteiger charge is -2.14. The Hall–Kier alpha value is -1.56. The molecule has 1 aromatic rings. The first-order valence-electron chi connectivity index (χ1n) is 5.34. The van der Waals surface area contributed by atoms with E-state index in [-0.39, 0.29) is 6.04 Å². The summed E-state index contributed by atoms with van der Waals surface area (Å²) in [5, 5.41) is 3.35. The molecule has 0 amide bonds. The third-order valence-electron chi connectivity index (χ3n) is 2.68. The zero-order valence-corrected chi connectivity index (χ0v) is 8.95. The van der Waals surface area contributed by atoms with Crippen LogP contribution in [0.3, 0.4) is 0 Å². The van der Waals surface area contributed by atoms with Crippen LogP contribution < -0.4 is 5.32 Å². The third-order valence-corrected chi connectivity index (χ3v) is 2.68. The predicted octanol–water partition coefficient (Wildman–Crippen LogP) is 1.79. The molecule has 0 bridgehead atoms. The number of anilines is 1. The van der Waals surface area contributed by atoms with Gasteiger partial charge in [-0.25, -0.2) is 9.97 Å². The minimum absolute atomic E-state index is 0.273. The Balaban J connectivity index is 2.16. The van der Waals surface area contributed by atoms with Gasteiger partial charge in [-0.1, -0.05) is 0 Å². The summed E-state index contributed by atoms with van der Waals surface area (Å²) in [7, 11) is 0. The SMILES string of the molecule is C#CCC(C)Nc1ncnc2c1CCC2. The van der Waals surface area contributed by atoms with Gasteiger partial charge in [0.1, 0.15) is 12.1 Å². The van der Waals surface area contributed by atoms with E-state index in [1.165, 1.54) is 17.7 Å². The van der Waals surface area contributed by atoms with Gasteiger partial charge in [-0.05, 0) is 26.2 Å². The first-order valence-corrected chi connectivity index (χ1v) is 5.34. The molecule has 78 valence electrons. The molecular formula is C12H15N3. The largest absolute Gasteiger partial charge is 0.366 e. The van der Waals surface area contributed by atoms with E-state index in [0.717, 1.165) is 25.1 Å². The van der Waals surface area contributed by atoms with Crippen LogP contribution in [0.1, 0.15) is 31.0 Å². The molecule has 15 heavy (non-hydrogen) atoms. The number of nitrogens with one attached hydrogen (secondary N) is 1. The molecule has 3 nitrogen and oxygen atoms in total. The molecule has 1 unspecified atom stereocenters. The van der Waals surface area contributed by atoms with Crippen LogP contribution in [0.15, 0.2) is 6.33 Å².